The number of aromatic amines is 1. The van der Waals surface area contributed by atoms with Crippen LogP contribution in [0.1, 0.15) is 34.3 Å². The first-order chi connectivity index (χ1) is 13.3. The highest BCUT2D eigenvalue weighted by Crippen LogP contribution is 2.26. The van der Waals surface area contributed by atoms with Crippen LogP contribution in [0.15, 0.2) is 23.0 Å². The Morgan fingerprint density at radius 2 is 2.11 bits per heavy atom. The lowest BCUT2D eigenvalue weighted by atomic mass is 10.1. The lowest BCUT2D eigenvalue weighted by molar-refractivity contribution is -0.120. The molecule has 148 valence electrons. The second kappa shape index (κ2) is 8.45. The molecule has 0 bridgehead atoms. The molecule has 0 aliphatic rings. The van der Waals surface area contributed by atoms with Gasteiger partial charge in [-0.2, -0.15) is 0 Å². The van der Waals surface area contributed by atoms with Gasteiger partial charge in [0.1, 0.15) is 16.5 Å². The van der Waals surface area contributed by atoms with Gasteiger partial charge >= 0.3 is 0 Å². The Bertz CT molecular complexity index is 1090. The molecule has 0 saturated carbocycles. The van der Waals surface area contributed by atoms with Crippen LogP contribution in [-0.2, 0) is 17.1 Å². The normalized spacial score (nSPS) is 12.3. The van der Waals surface area contributed by atoms with E-state index in [-0.39, 0.29) is 29.1 Å². The van der Waals surface area contributed by atoms with E-state index < -0.39 is 0 Å². The second-order valence-corrected chi connectivity index (χ2v) is 9.26. The average molecular weight is 420 g/mol. The predicted molar refractivity (Wildman–Crippen MR) is 113 cm³/mol. The monoisotopic (exact) mass is 419 g/mol. The number of hydrogen-bond donors (Lipinski definition) is 2. The van der Waals surface area contributed by atoms with Gasteiger partial charge in [0.2, 0.25) is 5.91 Å². The Kier molecular flexibility index (Phi) is 6.20. The van der Waals surface area contributed by atoms with Gasteiger partial charge in [0.05, 0.1) is 16.4 Å². The number of nitrogens with zero attached hydrogens (tertiary/aromatic N) is 1. The maximum absolute atomic E-state index is 13.6. The molecule has 0 aliphatic carbocycles. The summed E-state index contributed by atoms with van der Waals surface area (Å²) in [6.45, 7) is 7.67. The van der Waals surface area contributed by atoms with Crippen molar-refractivity contribution in [3.05, 3.63) is 61.8 Å². The number of aryl methyl sites for hydroxylation is 3. The average Bonchev–Trinajstić information content (AvgIpc) is 2.94. The molecule has 0 aliphatic heterocycles. The molecule has 28 heavy (non-hydrogen) atoms. The molecule has 0 radical (unpaired) electrons. The van der Waals surface area contributed by atoms with Gasteiger partial charge in [0.15, 0.2) is 0 Å². The van der Waals surface area contributed by atoms with E-state index in [1.807, 2.05) is 13.8 Å². The molecule has 3 rings (SSSR count). The molecule has 0 spiro atoms. The number of thioether (sulfide) groups is 1. The largest absolute Gasteiger partial charge is 0.351 e. The van der Waals surface area contributed by atoms with Crippen molar-refractivity contribution in [1.29, 1.82) is 0 Å². The topological polar surface area (TPSA) is 74.8 Å². The number of thiophene rings is 1. The number of carbonyl (C=O) groups is 1. The Labute approximate surface area is 170 Å². The number of nitrogens with one attached hydrogen (secondary N) is 2. The van der Waals surface area contributed by atoms with Crippen LogP contribution in [0.4, 0.5) is 4.39 Å². The molecule has 1 atom stereocenters. The van der Waals surface area contributed by atoms with E-state index in [9.17, 15) is 14.0 Å². The highest BCUT2D eigenvalue weighted by Gasteiger charge is 2.16. The third-order valence-electron chi connectivity index (χ3n) is 4.63. The summed E-state index contributed by atoms with van der Waals surface area (Å²) in [5, 5.41) is 3.13. The number of rotatable bonds is 6. The zero-order chi connectivity index (χ0) is 20.4. The number of hydrogen-bond acceptors (Lipinski definition) is 5. The van der Waals surface area contributed by atoms with Gasteiger partial charge in [-0.05, 0) is 50.5 Å². The summed E-state index contributed by atoms with van der Waals surface area (Å²) in [5.41, 5.74) is 2.12. The standard InChI is InChI=1S/C20H22FN3O2S2/c1-10-5-6-14(7-15(10)21)8-22-18(25)13(4)27-9-16-23-19(26)17-11(2)12(3)28-20(17)24-16/h5-7,13H,8-9H2,1-4H3,(H,22,25)(H,23,24,26)/t13-/m0/s1. The van der Waals surface area contributed by atoms with Gasteiger partial charge < -0.3 is 10.3 Å². The van der Waals surface area contributed by atoms with Crippen LogP contribution in [0.2, 0.25) is 0 Å². The van der Waals surface area contributed by atoms with Crippen LogP contribution in [0.25, 0.3) is 10.2 Å². The lowest BCUT2D eigenvalue weighted by Crippen LogP contribution is -2.30. The summed E-state index contributed by atoms with van der Waals surface area (Å²) in [6, 6.07) is 4.93. The molecule has 0 unspecified atom stereocenters. The van der Waals surface area contributed by atoms with Gasteiger partial charge in [-0.25, -0.2) is 9.37 Å². The molecule has 1 aromatic carbocycles. The predicted octanol–water partition coefficient (Wildman–Crippen LogP) is 3.99. The minimum absolute atomic E-state index is 0.138. The molecule has 2 heterocycles. The van der Waals surface area contributed by atoms with E-state index in [1.54, 1.807) is 26.0 Å². The van der Waals surface area contributed by atoms with E-state index in [0.717, 1.165) is 15.3 Å². The van der Waals surface area contributed by atoms with Crippen LogP contribution < -0.4 is 10.9 Å². The first-order valence-corrected chi connectivity index (χ1v) is 10.8. The van der Waals surface area contributed by atoms with Gasteiger partial charge in [0, 0.05) is 11.4 Å². The summed E-state index contributed by atoms with van der Waals surface area (Å²) >= 11 is 2.90. The SMILES string of the molecule is Cc1ccc(CNC(=O)[C@H](C)SCc2nc3sc(C)c(C)c3c(=O)[nH]2)cc1F. The van der Waals surface area contributed by atoms with Crippen LogP contribution in [0, 0.1) is 26.6 Å². The van der Waals surface area contributed by atoms with Crippen molar-refractivity contribution in [3.63, 3.8) is 0 Å². The van der Waals surface area contributed by atoms with E-state index in [2.05, 4.69) is 15.3 Å². The van der Waals surface area contributed by atoms with E-state index >= 15 is 0 Å². The highest BCUT2D eigenvalue weighted by atomic mass is 32.2. The molecule has 8 heteroatoms. The van der Waals surface area contributed by atoms with Crippen molar-refractivity contribution >= 4 is 39.2 Å². The van der Waals surface area contributed by atoms with Crippen molar-refractivity contribution in [3.8, 4) is 0 Å². The summed E-state index contributed by atoms with van der Waals surface area (Å²) in [6.07, 6.45) is 0. The Balaban J connectivity index is 1.59. The van der Waals surface area contributed by atoms with Crippen LogP contribution in [0.3, 0.4) is 0 Å². The molecule has 2 N–H and O–H groups in total. The van der Waals surface area contributed by atoms with Crippen molar-refractivity contribution in [1.82, 2.24) is 15.3 Å². The van der Waals surface area contributed by atoms with E-state index in [1.165, 1.54) is 29.2 Å². The third-order valence-corrected chi connectivity index (χ3v) is 6.89. The maximum atomic E-state index is 13.6. The number of H-pyrrole nitrogens is 1. The summed E-state index contributed by atoms with van der Waals surface area (Å²) in [5.74, 6) is 0.564. The van der Waals surface area contributed by atoms with E-state index in [0.29, 0.717) is 28.1 Å². The minimum atomic E-state index is -0.330. The molecule has 2 aromatic heterocycles. The lowest BCUT2D eigenvalue weighted by Gasteiger charge is -2.12. The smallest absolute Gasteiger partial charge is 0.259 e. The van der Waals surface area contributed by atoms with Crippen molar-refractivity contribution in [2.75, 3.05) is 0 Å². The van der Waals surface area contributed by atoms with Gasteiger partial charge in [0.25, 0.3) is 5.56 Å². The molecular formula is C20H22FN3O2S2. The fraction of sp³-hybridized carbons (Fsp3) is 0.350. The maximum Gasteiger partial charge on any atom is 0.259 e. The highest BCUT2D eigenvalue weighted by molar-refractivity contribution is 7.99. The third kappa shape index (κ3) is 4.44. The molecular weight excluding hydrogens is 397 g/mol. The molecule has 0 fully saturated rings. The zero-order valence-electron chi connectivity index (χ0n) is 16.2. The van der Waals surface area contributed by atoms with Gasteiger partial charge in [-0.3, -0.25) is 9.59 Å². The number of halogens is 1. The van der Waals surface area contributed by atoms with Crippen molar-refractivity contribution in [2.24, 2.45) is 0 Å². The molecule has 0 saturated heterocycles. The fourth-order valence-corrected chi connectivity index (χ4v) is 4.55. The van der Waals surface area contributed by atoms with Crippen LogP contribution >= 0.6 is 23.1 Å². The summed E-state index contributed by atoms with van der Waals surface area (Å²) in [7, 11) is 0. The van der Waals surface area contributed by atoms with Gasteiger partial charge in [-0.15, -0.1) is 23.1 Å². The number of carbonyl (C=O) groups excluding carboxylic acids is 1. The molecule has 3 aromatic rings. The fourth-order valence-electron chi connectivity index (χ4n) is 2.73. The molecule has 1 amide bonds. The van der Waals surface area contributed by atoms with Crippen LogP contribution in [0.5, 0.6) is 0 Å². The quantitative estimate of drug-likeness (QED) is 0.634. The van der Waals surface area contributed by atoms with Crippen LogP contribution in [-0.4, -0.2) is 21.1 Å². The first-order valence-electron chi connectivity index (χ1n) is 8.89. The van der Waals surface area contributed by atoms with Gasteiger partial charge in [-0.1, -0.05) is 12.1 Å². The Morgan fingerprint density at radius 1 is 1.36 bits per heavy atom. The van der Waals surface area contributed by atoms with E-state index in [4.69, 9.17) is 0 Å². The Morgan fingerprint density at radius 3 is 2.82 bits per heavy atom. The number of benzene rings is 1. The number of amides is 1. The summed E-state index contributed by atoms with van der Waals surface area (Å²) < 4.78 is 13.6. The minimum Gasteiger partial charge on any atom is -0.351 e. The number of aromatic nitrogens is 2. The molecule has 5 nitrogen and oxygen atoms in total. The Hall–Kier alpha value is -2.19. The second-order valence-electron chi connectivity index (χ2n) is 6.73. The zero-order valence-corrected chi connectivity index (χ0v) is 17.8. The number of fused-ring (bicyclic) bond motifs is 1. The summed E-state index contributed by atoms with van der Waals surface area (Å²) in [4.78, 5) is 33.8. The van der Waals surface area contributed by atoms with Crippen molar-refractivity contribution in [2.45, 2.75) is 45.2 Å². The van der Waals surface area contributed by atoms with Crippen molar-refractivity contribution < 1.29 is 9.18 Å². The first kappa shape index (κ1) is 20.5.